The fourth-order valence-corrected chi connectivity index (χ4v) is 3.01. The van der Waals surface area contributed by atoms with Crippen molar-refractivity contribution in [2.24, 2.45) is 0 Å². The smallest absolute Gasteiger partial charge is 0.260 e. The monoisotopic (exact) mass is 307 g/mol. The normalized spacial score (nSPS) is 19.3. The van der Waals surface area contributed by atoms with E-state index >= 15 is 0 Å². The number of rotatable bonds is 2. The van der Waals surface area contributed by atoms with E-state index in [1.54, 1.807) is 21.8 Å². The highest BCUT2D eigenvalue weighted by Crippen LogP contribution is 2.20. The van der Waals surface area contributed by atoms with E-state index in [1.165, 1.54) is 16.4 Å². The van der Waals surface area contributed by atoms with Crippen molar-refractivity contribution in [2.45, 2.75) is 26.8 Å². The molecule has 20 heavy (non-hydrogen) atoms. The van der Waals surface area contributed by atoms with Gasteiger partial charge in [0.05, 0.1) is 6.54 Å². The third-order valence-corrected chi connectivity index (χ3v) is 4.02. The van der Waals surface area contributed by atoms with Crippen molar-refractivity contribution >= 4 is 23.3 Å². The van der Waals surface area contributed by atoms with E-state index in [-0.39, 0.29) is 5.56 Å². The third-order valence-electron chi connectivity index (χ3n) is 2.17. The average Bonchev–Trinajstić information content (AvgIpc) is 2.95. The first-order valence-corrected chi connectivity index (χ1v) is 8.30. The van der Waals surface area contributed by atoms with Gasteiger partial charge in [0.2, 0.25) is 0 Å². The van der Waals surface area contributed by atoms with Crippen LogP contribution in [0.3, 0.4) is 0 Å². The molecule has 108 valence electrons. The molecule has 1 aromatic rings. The molecule has 1 aliphatic rings. The van der Waals surface area contributed by atoms with Gasteiger partial charge in [-0.25, -0.2) is 0 Å². The van der Waals surface area contributed by atoms with Gasteiger partial charge in [0, 0.05) is 22.1 Å². The van der Waals surface area contributed by atoms with Crippen molar-refractivity contribution in [2.75, 3.05) is 5.75 Å². The van der Waals surface area contributed by atoms with E-state index in [1.807, 2.05) is 19.2 Å². The maximum absolute atomic E-state index is 11.4. The van der Waals surface area contributed by atoms with Crippen molar-refractivity contribution in [1.82, 2.24) is 3.96 Å². The zero-order valence-corrected chi connectivity index (χ0v) is 13.6. The van der Waals surface area contributed by atoms with Gasteiger partial charge in [-0.3, -0.25) is 8.75 Å². The number of hydrogen-bond acceptors (Lipinski definition) is 3. The number of thioether (sulfide) groups is 1. The van der Waals surface area contributed by atoms with E-state index in [0.29, 0.717) is 6.54 Å². The summed E-state index contributed by atoms with van der Waals surface area (Å²) in [4.78, 5) is 12.7. The molecule has 0 spiro atoms. The fraction of sp³-hybridized carbons (Fsp3) is 0.312. The van der Waals surface area contributed by atoms with Crippen LogP contribution in [0.25, 0.3) is 0 Å². The number of terminal acetylenes is 1. The second-order valence-electron chi connectivity index (χ2n) is 3.36. The minimum Gasteiger partial charge on any atom is -0.268 e. The predicted molar refractivity (Wildman–Crippen MR) is 93.3 cm³/mol. The molecule has 0 aromatic carbocycles. The van der Waals surface area contributed by atoms with E-state index in [4.69, 9.17) is 0 Å². The van der Waals surface area contributed by atoms with Crippen LogP contribution in [0, 0.1) is 12.8 Å². The first kappa shape index (κ1) is 18.6. The molecular weight excluding hydrogens is 286 g/mol. The molecule has 1 aromatic heterocycles. The summed E-state index contributed by atoms with van der Waals surface area (Å²) in [7, 11) is 0. The maximum Gasteiger partial charge on any atom is 0.260 e. The minimum absolute atomic E-state index is 0.0949. The Morgan fingerprint density at radius 2 is 1.95 bits per heavy atom. The topological polar surface area (TPSA) is 22.0 Å². The molecule has 2 rings (SSSR count). The van der Waals surface area contributed by atoms with Crippen molar-refractivity contribution in [3.8, 4) is 12.8 Å². The second kappa shape index (κ2) is 12.6. The minimum atomic E-state index is 0.0949. The average molecular weight is 307 g/mol. The molecule has 2 heterocycles. The lowest BCUT2D eigenvalue weighted by molar-refractivity contribution is 0.863. The van der Waals surface area contributed by atoms with Crippen LogP contribution in [0.15, 0.2) is 51.5 Å². The van der Waals surface area contributed by atoms with Crippen LogP contribution in [-0.4, -0.2) is 9.71 Å². The summed E-state index contributed by atoms with van der Waals surface area (Å²) in [6.45, 7) is 4.71. The van der Waals surface area contributed by atoms with Crippen LogP contribution in [-0.2, 0) is 6.54 Å². The molecule has 0 N–H and O–H groups in total. The summed E-state index contributed by atoms with van der Waals surface area (Å²) in [6.07, 6.45) is 19.5. The molecule has 0 amide bonds. The van der Waals surface area contributed by atoms with Gasteiger partial charge >= 0.3 is 0 Å². The SMILES string of the molecule is C#C.CC.O=c1ccsn1C/C1=C/C/C=C\C=C/CS1. The van der Waals surface area contributed by atoms with Crippen molar-refractivity contribution < 1.29 is 0 Å². The van der Waals surface area contributed by atoms with Crippen molar-refractivity contribution in [3.05, 3.63) is 57.1 Å². The third kappa shape index (κ3) is 7.22. The molecule has 2 nitrogen and oxygen atoms in total. The Morgan fingerprint density at radius 1 is 1.25 bits per heavy atom. The first-order valence-electron chi connectivity index (χ1n) is 6.48. The maximum atomic E-state index is 11.4. The Bertz CT molecular complexity index is 518. The summed E-state index contributed by atoms with van der Waals surface area (Å²) in [6, 6.07) is 1.62. The lowest BCUT2D eigenvalue weighted by atomic mass is 10.3. The molecule has 0 saturated carbocycles. The van der Waals surface area contributed by atoms with Crippen molar-refractivity contribution in [3.63, 3.8) is 0 Å². The summed E-state index contributed by atoms with van der Waals surface area (Å²) in [5.41, 5.74) is 0.0949. The zero-order valence-electron chi connectivity index (χ0n) is 12.0. The number of nitrogens with zero attached hydrogens (tertiary/aromatic N) is 1. The number of aromatic nitrogens is 1. The van der Waals surface area contributed by atoms with Gasteiger partial charge in [0.1, 0.15) is 0 Å². The molecule has 0 aliphatic carbocycles. The summed E-state index contributed by atoms with van der Waals surface area (Å²) < 4.78 is 1.78. The molecule has 0 bridgehead atoms. The Kier molecular flexibility index (Phi) is 11.7. The highest BCUT2D eigenvalue weighted by Gasteiger charge is 2.02. The highest BCUT2D eigenvalue weighted by atomic mass is 32.2. The molecule has 0 fully saturated rings. The van der Waals surface area contributed by atoms with Gasteiger partial charge in [0.25, 0.3) is 5.56 Å². The van der Waals surface area contributed by atoms with E-state index in [0.717, 1.165) is 12.2 Å². The Morgan fingerprint density at radius 3 is 2.60 bits per heavy atom. The Hall–Kier alpha value is -1.44. The predicted octanol–water partition coefficient (Wildman–Crippen LogP) is 4.32. The quantitative estimate of drug-likeness (QED) is 0.759. The molecule has 0 radical (unpaired) electrons. The van der Waals surface area contributed by atoms with E-state index in [2.05, 4.69) is 43.2 Å². The summed E-state index contributed by atoms with van der Waals surface area (Å²) in [5, 5.41) is 1.84. The Labute approximate surface area is 130 Å². The van der Waals surface area contributed by atoms with Crippen LogP contribution >= 0.6 is 23.3 Å². The van der Waals surface area contributed by atoms with Crippen LogP contribution in [0.2, 0.25) is 0 Å². The second-order valence-corrected chi connectivity index (χ2v) is 5.43. The molecule has 1 aliphatic heterocycles. The van der Waals surface area contributed by atoms with Crippen molar-refractivity contribution in [1.29, 1.82) is 0 Å². The molecular formula is C16H21NOS2. The molecule has 0 saturated heterocycles. The van der Waals surface area contributed by atoms with Crippen LogP contribution in [0.4, 0.5) is 0 Å². The van der Waals surface area contributed by atoms with Gasteiger partial charge < -0.3 is 0 Å². The number of allylic oxidation sites excluding steroid dienone is 5. The summed E-state index contributed by atoms with van der Waals surface area (Å²) in [5.74, 6) is 0.969. The molecule has 0 atom stereocenters. The van der Waals surface area contributed by atoms with Gasteiger partial charge in [-0.05, 0) is 6.42 Å². The largest absolute Gasteiger partial charge is 0.268 e. The summed E-state index contributed by atoms with van der Waals surface area (Å²) >= 11 is 3.27. The number of hydrogen-bond donors (Lipinski definition) is 0. The first-order chi connectivity index (χ1) is 9.86. The molecule has 4 heteroatoms. The van der Waals surface area contributed by atoms with E-state index in [9.17, 15) is 4.79 Å². The lowest BCUT2D eigenvalue weighted by Crippen LogP contribution is -2.12. The van der Waals surface area contributed by atoms with E-state index < -0.39 is 0 Å². The van der Waals surface area contributed by atoms with Crippen LogP contribution in [0.5, 0.6) is 0 Å². The standard InChI is InChI=1S/C12H13NOS2.C2H6.C2H2/c14-12-7-9-16-13(12)10-11-6-4-2-1-3-5-8-15-11;2*1-2/h1-3,5-7,9H,4,8,10H2;1-2H3;1-2H/b2-1-,5-3-,11-6-;;. The highest BCUT2D eigenvalue weighted by molar-refractivity contribution is 8.03. The van der Waals surface area contributed by atoms with Gasteiger partial charge in [-0.15, -0.1) is 24.6 Å². The fourth-order valence-electron chi connectivity index (χ4n) is 1.37. The zero-order chi connectivity index (χ0) is 15.2. The van der Waals surface area contributed by atoms with Gasteiger partial charge in [-0.1, -0.05) is 55.8 Å². The van der Waals surface area contributed by atoms with Crippen LogP contribution in [0.1, 0.15) is 20.3 Å². The van der Waals surface area contributed by atoms with Gasteiger partial charge in [0.15, 0.2) is 0 Å². The van der Waals surface area contributed by atoms with Crippen LogP contribution < -0.4 is 5.56 Å². The Balaban J connectivity index is 0.000000829. The molecule has 0 unspecified atom stereocenters. The lowest BCUT2D eigenvalue weighted by Gasteiger charge is -2.05. The van der Waals surface area contributed by atoms with Gasteiger partial charge in [-0.2, -0.15) is 0 Å².